The fourth-order valence-corrected chi connectivity index (χ4v) is 4.63. The maximum atomic E-state index is 2.64. The van der Waals surface area contributed by atoms with Crippen LogP contribution in [0.4, 0.5) is 0 Å². The Labute approximate surface area is 175 Å². The molecule has 0 aliphatic carbocycles. The molecule has 0 radical (unpaired) electrons. The fraction of sp³-hybridized carbons (Fsp3) is 0.333. The molecule has 0 bridgehead atoms. The molecule has 4 rings (SSSR count). The zero-order valence-corrected chi connectivity index (χ0v) is 17.9. The van der Waals surface area contributed by atoms with Crippen molar-refractivity contribution in [3.05, 3.63) is 107 Å². The van der Waals surface area contributed by atoms with Gasteiger partial charge in [0.2, 0.25) is 0 Å². The van der Waals surface area contributed by atoms with Crippen LogP contribution < -0.4 is 0 Å². The number of hydrogen-bond acceptors (Lipinski definition) is 2. The second-order valence-corrected chi connectivity index (χ2v) is 8.51. The van der Waals surface area contributed by atoms with E-state index in [1.165, 1.54) is 27.8 Å². The van der Waals surface area contributed by atoms with Gasteiger partial charge in [-0.2, -0.15) is 0 Å². The van der Waals surface area contributed by atoms with Gasteiger partial charge in [-0.25, -0.2) is 0 Å². The molecule has 29 heavy (non-hydrogen) atoms. The molecule has 1 unspecified atom stereocenters. The lowest BCUT2D eigenvalue weighted by atomic mass is 9.83. The molecule has 2 heteroatoms. The van der Waals surface area contributed by atoms with E-state index in [0.29, 0.717) is 12.0 Å². The summed E-state index contributed by atoms with van der Waals surface area (Å²) < 4.78 is 0. The van der Waals surface area contributed by atoms with Crippen LogP contribution in [-0.4, -0.2) is 42.5 Å². The number of hydrogen-bond donors (Lipinski definition) is 0. The second-order valence-electron chi connectivity index (χ2n) is 8.51. The predicted molar refractivity (Wildman–Crippen MR) is 122 cm³/mol. The highest BCUT2D eigenvalue weighted by molar-refractivity contribution is 5.35. The molecule has 3 aromatic carbocycles. The summed E-state index contributed by atoms with van der Waals surface area (Å²) in [5, 5.41) is 0. The van der Waals surface area contributed by atoms with Gasteiger partial charge in [0.15, 0.2) is 0 Å². The molecule has 0 amide bonds. The van der Waals surface area contributed by atoms with Crippen LogP contribution in [0.1, 0.15) is 33.7 Å². The molecular weight excluding hydrogens is 352 g/mol. The highest BCUT2D eigenvalue weighted by Crippen LogP contribution is 2.32. The third kappa shape index (κ3) is 4.60. The summed E-state index contributed by atoms with van der Waals surface area (Å²) in [5.74, 6) is 0.379. The molecule has 1 fully saturated rings. The molecule has 1 saturated heterocycles. The highest BCUT2D eigenvalue weighted by atomic mass is 15.3. The monoisotopic (exact) mass is 384 g/mol. The largest absolute Gasteiger partial charge is 0.300 e. The van der Waals surface area contributed by atoms with E-state index >= 15 is 0 Å². The standard InChI is InChI=1S/C27H32N2/c1-21-14-15-22(2)25(18-21)19-29-17-16-28(3)26(20-29)27(23-10-6-4-7-11-23)24-12-8-5-9-13-24/h4-15,18,26-27H,16-17,19-20H2,1-3H3. The van der Waals surface area contributed by atoms with Crippen molar-refractivity contribution in [3.8, 4) is 0 Å². The quantitative estimate of drug-likeness (QED) is 0.593. The van der Waals surface area contributed by atoms with Gasteiger partial charge in [-0.1, -0.05) is 84.4 Å². The molecule has 1 aliphatic heterocycles. The van der Waals surface area contributed by atoms with Crippen molar-refractivity contribution in [2.24, 2.45) is 0 Å². The van der Waals surface area contributed by atoms with Crippen molar-refractivity contribution in [2.45, 2.75) is 32.4 Å². The van der Waals surface area contributed by atoms with Crippen molar-refractivity contribution < 1.29 is 0 Å². The summed E-state index contributed by atoms with van der Waals surface area (Å²) in [4.78, 5) is 5.20. The van der Waals surface area contributed by atoms with E-state index in [1.807, 2.05) is 0 Å². The molecule has 0 N–H and O–H groups in total. The van der Waals surface area contributed by atoms with E-state index in [4.69, 9.17) is 0 Å². The summed E-state index contributed by atoms with van der Waals surface area (Å²) in [6.07, 6.45) is 0. The maximum Gasteiger partial charge on any atom is 0.0330 e. The Kier molecular flexibility index (Phi) is 6.13. The molecule has 1 aliphatic rings. The molecule has 1 atom stereocenters. The lowest BCUT2D eigenvalue weighted by molar-refractivity contribution is 0.0814. The number of rotatable bonds is 5. The topological polar surface area (TPSA) is 6.48 Å². The SMILES string of the molecule is Cc1ccc(C)c(CN2CCN(C)C(C(c3ccccc3)c3ccccc3)C2)c1. The van der Waals surface area contributed by atoms with Gasteiger partial charge in [0.05, 0.1) is 0 Å². The predicted octanol–water partition coefficient (Wildman–Crippen LogP) is 5.25. The van der Waals surface area contributed by atoms with Crippen LogP contribution in [0.25, 0.3) is 0 Å². The van der Waals surface area contributed by atoms with Crippen LogP contribution >= 0.6 is 0 Å². The van der Waals surface area contributed by atoms with E-state index in [2.05, 4.69) is 110 Å². The highest BCUT2D eigenvalue weighted by Gasteiger charge is 2.33. The average Bonchev–Trinajstić information content (AvgIpc) is 2.75. The third-order valence-corrected chi connectivity index (χ3v) is 6.38. The van der Waals surface area contributed by atoms with Crippen molar-refractivity contribution in [3.63, 3.8) is 0 Å². The lowest BCUT2D eigenvalue weighted by Gasteiger charge is -2.43. The lowest BCUT2D eigenvalue weighted by Crippen LogP contribution is -2.53. The fourth-order valence-electron chi connectivity index (χ4n) is 4.63. The Morgan fingerprint density at radius 1 is 0.828 bits per heavy atom. The van der Waals surface area contributed by atoms with Crippen LogP contribution in [0.15, 0.2) is 78.9 Å². The molecule has 2 nitrogen and oxygen atoms in total. The average molecular weight is 385 g/mol. The summed E-state index contributed by atoms with van der Waals surface area (Å²) in [6, 6.07) is 29.3. The first-order chi connectivity index (χ1) is 14.1. The molecule has 0 spiro atoms. The summed E-state index contributed by atoms with van der Waals surface area (Å²) in [7, 11) is 2.29. The molecule has 0 saturated carbocycles. The van der Waals surface area contributed by atoms with Gasteiger partial charge < -0.3 is 0 Å². The Hall–Kier alpha value is -2.42. The van der Waals surface area contributed by atoms with Crippen LogP contribution in [0, 0.1) is 13.8 Å². The number of likely N-dealkylation sites (N-methyl/N-ethyl adjacent to an activating group) is 1. The van der Waals surface area contributed by atoms with Gasteiger partial charge in [-0.05, 0) is 43.1 Å². The van der Waals surface area contributed by atoms with E-state index in [1.54, 1.807) is 0 Å². The van der Waals surface area contributed by atoms with E-state index in [-0.39, 0.29) is 0 Å². The van der Waals surface area contributed by atoms with E-state index in [0.717, 1.165) is 26.2 Å². The Balaban J connectivity index is 1.62. The van der Waals surface area contributed by atoms with E-state index < -0.39 is 0 Å². The van der Waals surface area contributed by atoms with Gasteiger partial charge in [-0.15, -0.1) is 0 Å². The van der Waals surface area contributed by atoms with Gasteiger partial charge in [0, 0.05) is 38.1 Å². The zero-order valence-electron chi connectivity index (χ0n) is 17.9. The number of aryl methyl sites for hydroxylation is 2. The van der Waals surface area contributed by atoms with Crippen molar-refractivity contribution in [1.82, 2.24) is 9.80 Å². The van der Waals surface area contributed by atoms with Gasteiger partial charge in [-0.3, -0.25) is 9.80 Å². The van der Waals surface area contributed by atoms with Crippen LogP contribution in [0.3, 0.4) is 0 Å². The van der Waals surface area contributed by atoms with Crippen LogP contribution in [0.2, 0.25) is 0 Å². The minimum atomic E-state index is 0.379. The van der Waals surface area contributed by atoms with Crippen LogP contribution in [0.5, 0.6) is 0 Å². The minimum Gasteiger partial charge on any atom is -0.300 e. The van der Waals surface area contributed by atoms with Crippen molar-refractivity contribution >= 4 is 0 Å². The summed E-state index contributed by atoms with van der Waals surface area (Å²) in [6.45, 7) is 8.77. The summed E-state index contributed by atoms with van der Waals surface area (Å²) in [5.41, 5.74) is 7.02. The smallest absolute Gasteiger partial charge is 0.0330 e. The Morgan fingerprint density at radius 2 is 1.45 bits per heavy atom. The molecule has 1 heterocycles. The van der Waals surface area contributed by atoms with Crippen molar-refractivity contribution in [1.29, 1.82) is 0 Å². The molecule has 150 valence electrons. The number of nitrogens with zero attached hydrogens (tertiary/aromatic N) is 2. The normalized spacial score (nSPS) is 18.3. The van der Waals surface area contributed by atoms with Crippen LogP contribution in [-0.2, 0) is 6.54 Å². The maximum absolute atomic E-state index is 2.64. The third-order valence-electron chi connectivity index (χ3n) is 6.38. The Morgan fingerprint density at radius 3 is 2.07 bits per heavy atom. The first-order valence-corrected chi connectivity index (χ1v) is 10.7. The Bertz CT molecular complexity index is 880. The first kappa shape index (κ1) is 19.9. The van der Waals surface area contributed by atoms with Gasteiger partial charge in [0.1, 0.15) is 0 Å². The van der Waals surface area contributed by atoms with E-state index in [9.17, 15) is 0 Å². The van der Waals surface area contributed by atoms with Crippen molar-refractivity contribution in [2.75, 3.05) is 26.7 Å². The zero-order chi connectivity index (χ0) is 20.2. The summed E-state index contributed by atoms with van der Waals surface area (Å²) >= 11 is 0. The number of piperazine rings is 1. The first-order valence-electron chi connectivity index (χ1n) is 10.7. The molecule has 3 aromatic rings. The van der Waals surface area contributed by atoms with Gasteiger partial charge >= 0.3 is 0 Å². The van der Waals surface area contributed by atoms with Gasteiger partial charge in [0.25, 0.3) is 0 Å². The molecular formula is C27H32N2. The molecule has 0 aromatic heterocycles. The number of benzene rings is 3. The minimum absolute atomic E-state index is 0.379. The second kappa shape index (κ2) is 8.94.